The number of rotatable bonds is 6. The molecule has 3 heterocycles. The van der Waals surface area contributed by atoms with Crippen molar-refractivity contribution in [3.05, 3.63) is 40.2 Å². The number of hydrogen-bond donors (Lipinski definition) is 6. The molecule has 0 aliphatic carbocycles. The number of β-amino-alcohol motifs (C(OH)–C–C–N with tert-alkyl or cyclic N) is 1. The zero-order valence-electron chi connectivity index (χ0n) is 18.5. The van der Waals surface area contributed by atoms with Gasteiger partial charge in [-0.1, -0.05) is 11.6 Å². The molecular formula is C21H21ClN10O3. The van der Waals surface area contributed by atoms with Crippen LogP contribution in [0.3, 0.4) is 0 Å². The Morgan fingerprint density at radius 3 is 2.86 bits per heavy atom. The first-order valence-electron chi connectivity index (χ1n) is 10.6. The monoisotopic (exact) mass is 496 g/mol. The predicted molar refractivity (Wildman–Crippen MR) is 125 cm³/mol. The molecule has 35 heavy (non-hydrogen) atoms. The van der Waals surface area contributed by atoms with E-state index in [0.717, 1.165) is 0 Å². The number of anilines is 3. The number of aromatic nitrogens is 4. The second-order valence-electron chi connectivity index (χ2n) is 7.80. The van der Waals surface area contributed by atoms with Crippen LogP contribution in [-0.2, 0) is 5.54 Å². The molecule has 0 spiro atoms. The summed E-state index contributed by atoms with van der Waals surface area (Å²) in [6.45, 7) is 2.94. The highest BCUT2D eigenvalue weighted by atomic mass is 35.5. The average molecular weight is 497 g/mol. The maximum atomic E-state index is 11.7. The van der Waals surface area contributed by atoms with Crippen molar-refractivity contribution < 1.29 is 15.0 Å². The maximum Gasteiger partial charge on any atom is 0.405 e. The van der Waals surface area contributed by atoms with Gasteiger partial charge in [0.1, 0.15) is 6.07 Å². The minimum atomic E-state index is -1.45. The van der Waals surface area contributed by atoms with Gasteiger partial charge >= 0.3 is 6.09 Å². The van der Waals surface area contributed by atoms with Gasteiger partial charge in [-0.15, -0.1) is 5.10 Å². The van der Waals surface area contributed by atoms with Gasteiger partial charge in [0.05, 0.1) is 40.2 Å². The number of fused-ring (bicyclic) bond motifs is 1. The molecular weight excluding hydrogens is 476 g/mol. The number of benzene rings is 1. The molecule has 1 aliphatic rings. The highest BCUT2D eigenvalue weighted by Crippen LogP contribution is 2.40. The van der Waals surface area contributed by atoms with Crippen LogP contribution in [0.15, 0.2) is 18.3 Å². The number of halogens is 1. The molecule has 14 heteroatoms. The Labute approximate surface area is 204 Å². The fourth-order valence-electron chi connectivity index (χ4n) is 4.10. The predicted octanol–water partition coefficient (Wildman–Crippen LogP) is 1.51. The van der Waals surface area contributed by atoms with E-state index in [9.17, 15) is 25.5 Å². The van der Waals surface area contributed by atoms with Gasteiger partial charge in [0.2, 0.25) is 5.95 Å². The zero-order valence-corrected chi connectivity index (χ0v) is 19.3. The first-order chi connectivity index (χ1) is 16.8. The lowest BCUT2D eigenvalue weighted by Gasteiger charge is -2.42. The third kappa shape index (κ3) is 4.36. The van der Waals surface area contributed by atoms with Crippen molar-refractivity contribution in [1.82, 2.24) is 30.2 Å². The first-order valence-corrected chi connectivity index (χ1v) is 11.0. The van der Waals surface area contributed by atoms with Gasteiger partial charge in [0.15, 0.2) is 17.2 Å². The largest absolute Gasteiger partial charge is 0.465 e. The van der Waals surface area contributed by atoms with Crippen LogP contribution in [0.5, 0.6) is 0 Å². The molecule has 0 radical (unpaired) electrons. The van der Waals surface area contributed by atoms with Crippen LogP contribution in [0, 0.1) is 22.7 Å². The Bertz CT molecular complexity index is 1380. The van der Waals surface area contributed by atoms with Crippen molar-refractivity contribution in [2.24, 2.45) is 0 Å². The van der Waals surface area contributed by atoms with Crippen molar-refractivity contribution >= 4 is 40.8 Å². The number of nitrogens with zero attached hydrogens (tertiary/aromatic N) is 6. The second-order valence-corrected chi connectivity index (χ2v) is 8.18. The fraction of sp³-hybridized carbons (Fsp3) is 0.333. The summed E-state index contributed by atoms with van der Waals surface area (Å²) in [5.41, 5.74) is -0.268. The van der Waals surface area contributed by atoms with Crippen molar-refractivity contribution in [2.45, 2.75) is 25.0 Å². The summed E-state index contributed by atoms with van der Waals surface area (Å²) >= 11 is 6.74. The van der Waals surface area contributed by atoms with Crippen LogP contribution in [0.1, 0.15) is 30.2 Å². The van der Waals surface area contributed by atoms with Gasteiger partial charge in [-0.05, 0) is 32.0 Å². The number of aliphatic hydroxyl groups is 1. The summed E-state index contributed by atoms with van der Waals surface area (Å²) in [5.74, 6) is 0.425. The average Bonchev–Trinajstić information content (AvgIpc) is 3.25. The highest BCUT2D eigenvalue weighted by molar-refractivity contribution is 6.34. The number of amides is 1. The minimum Gasteiger partial charge on any atom is -0.465 e. The molecule has 1 aliphatic heterocycles. The van der Waals surface area contributed by atoms with Crippen molar-refractivity contribution in [3.63, 3.8) is 0 Å². The molecule has 1 saturated heterocycles. The number of nitriles is 2. The van der Waals surface area contributed by atoms with Gasteiger partial charge < -0.3 is 31.5 Å². The van der Waals surface area contributed by atoms with E-state index in [1.807, 2.05) is 19.1 Å². The molecule has 1 fully saturated rings. The lowest BCUT2D eigenvalue weighted by atomic mass is 9.78. The summed E-state index contributed by atoms with van der Waals surface area (Å²) in [4.78, 5) is 20.3. The topological polar surface area (TPSA) is 196 Å². The standard InChI is InChI=1S/C21H21ClN10O3/c1-2-26-17-18-27-9-12(8-24)32(18)31-19(29-17)28-14-6-11(7-23)5-13(16(14)22)21(30-20(34)35)3-4-25-10-15(21)33/h5-6,9,15,25,30,33H,2-4,10H2,1H3,(H,34,35)(H2,26,28,29,31)/t15-,21-/m0/s1. The van der Waals surface area contributed by atoms with E-state index in [-0.39, 0.29) is 46.4 Å². The van der Waals surface area contributed by atoms with Crippen LogP contribution in [0.4, 0.5) is 22.2 Å². The van der Waals surface area contributed by atoms with Crippen molar-refractivity contribution in [2.75, 3.05) is 30.3 Å². The Morgan fingerprint density at radius 1 is 1.40 bits per heavy atom. The summed E-state index contributed by atoms with van der Waals surface area (Å²) in [5, 5.41) is 55.2. The molecule has 0 unspecified atom stereocenters. The summed E-state index contributed by atoms with van der Waals surface area (Å²) in [6, 6.07) is 6.97. The van der Waals surface area contributed by atoms with Gasteiger partial charge in [0, 0.05) is 18.7 Å². The van der Waals surface area contributed by atoms with Gasteiger partial charge in [-0.3, -0.25) is 0 Å². The lowest BCUT2D eigenvalue weighted by molar-refractivity contribution is 0.0326. The second kappa shape index (κ2) is 9.60. The van der Waals surface area contributed by atoms with Crippen LogP contribution in [0.25, 0.3) is 5.65 Å². The molecule has 180 valence electrons. The van der Waals surface area contributed by atoms with Crippen LogP contribution in [-0.4, -0.2) is 61.6 Å². The Kier molecular flexibility index (Phi) is 6.57. The van der Waals surface area contributed by atoms with Gasteiger partial charge in [-0.2, -0.15) is 20.0 Å². The first kappa shape index (κ1) is 24.0. The zero-order chi connectivity index (χ0) is 25.2. The molecule has 13 nitrogen and oxygen atoms in total. The normalized spacial score (nSPS) is 19.5. The minimum absolute atomic E-state index is 0.0528. The Hall–Kier alpha value is -4.17. The third-order valence-electron chi connectivity index (χ3n) is 5.68. The Morgan fingerprint density at radius 2 is 2.20 bits per heavy atom. The van der Waals surface area contributed by atoms with Crippen LogP contribution < -0.4 is 21.3 Å². The molecule has 3 aromatic rings. The highest BCUT2D eigenvalue weighted by Gasteiger charge is 2.45. The molecule has 1 amide bonds. The van der Waals surface area contributed by atoms with Crippen molar-refractivity contribution in [1.29, 1.82) is 10.5 Å². The number of nitrogens with one attached hydrogen (secondary N) is 4. The summed E-state index contributed by atoms with van der Waals surface area (Å²) < 4.78 is 1.32. The maximum absolute atomic E-state index is 11.7. The van der Waals surface area contributed by atoms with E-state index >= 15 is 0 Å². The number of aliphatic hydroxyl groups excluding tert-OH is 1. The number of hydrogen-bond acceptors (Lipinski definition) is 10. The van der Waals surface area contributed by atoms with E-state index in [1.54, 1.807) is 0 Å². The Balaban J connectivity index is 1.86. The quantitative estimate of drug-likeness (QED) is 0.289. The smallest absolute Gasteiger partial charge is 0.405 e. The fourth-order valence-corrected chi connectivity index (χ4v) is 4.43. The molecule has 6 N–H and O–H groups in total. The van der Waals surface area contributed by atoms with Gasteiger partial charge in [0.25, 0.3) is 0 Å². The van der Waals surface area contributed by atoms with Crippen LogP contribution in [0.2, 0.25) is 5.02 Å². The molecule has 2 aromatic heterocycles. The lowest BCUT2D eigenvalue weighted by Crippen LogP contribution is -2.61. The van der Waals surface area contributed by atoms with E-state index in [0.29, 0.717) is 24.6 Å². The van der Waals surface area contributed by atoms with E-state index in [1.165, 1.54) is 22.8 Å². The third-order valence-corrected chi connectivity index (χ3v) is 6.09. The SMILES string of the molecule is CCNc1nc(Nc2cc(C#N)cc([C@@]3(NC(=O)O)CCNC[C@@H]3O)c2Cl)nn2c(C#N)cnc12. The number of carboxylic acid groups (broad SMARTS) is 1. The van der Waals surface area contributed by atoms with Crippen LogP contribution >= 0.6 is 11.6 Å². The van der Waals surface area contributed by atoms with E-state index in [4.69, 9.17) is 11.6 Å². The molecule has 0 bridgehead atoms. The number of imidazole rings is 1. The number of piperidine rings is 1. The number of carbonyl (C=O) groups is 1. The van der Waals surface area contributed by atoms with Gasteiger partial charge in [-0.25, -0.2) is 9.78 Å². The molecule has 0 saturated carbocycles. The molecule has 2 atom stereocenters. The van der Waals surface area contributed by atoms with E-state index < -0.39 is 17.7 Å². The molecule has 1 aromatic carbocycles. The summed E-state index contributed by atoms with van der Waals surface area (Å²) in [6.07, 6.45) is -0.923. The van der Waals surface area contributed by atoms with Crippen molar-refractivity contribution in [3.8, 4) is 12.1 Å². The summed E-state index contributed by atoms with van der Waals surface area (Å²) in [7, 11) is 0. The molecule has 4 rings (SSSR count). The van der Waals surface area contributed by atoms with E-state index in [2.05, 4.69) is 36.3 Å².